The Labute approximate surface area is 317 Å². The second-order valence-corrected chi connectivity index (χ2v) is 16.8. The molecule has 0 saturated carbocycles. The molecule has 1 aromatic heterocycles. The first kappa shape index (κ1) is 31.6. The molecule has 0 spiro atoms. The summed E-state index contributed by atoms with van der Waals surface area (Å²) in [7, 11) is -3.20. The lowest BCUT2D eigenvalue weighted by Crippen LogP contribution is -2.25. The maximum atomic E-state index is 15.5. The third-order valence-electron chi connectivity index (χ3n) is 10.9. The Morgan fingerprint density at radius 1 is 0.364 bits per heavy atom. The van der Waals surface area contributed by atoms with Crippen LogP contribution in [0.15, 0.2) is 194 Å². The van der Waals surface area contributed by atoms with Crippen LogP contribution in [0.25, 0.3) is 60.2 Å². The van der Waals surface area contributed by atoms with Crippen LogP contribution in [-0.4, -0.2) is 4.57 Å². The average molecular weight is 726 g/mol. The van der Waals surface area contributed by atoms with Crippen molar-refractivity contribution in [3.05, 3.63) is 194 Å². The van der Waals surface area contributed by atoms with Crippen molar-refractivity contribution in [2.75, 3.05) is 0 Å². The summed E-state index contributed by atoms with van der Waals surface area (Å²) < 4.78 is 31.1. The summed E-state index contributed by atoms with van der Waals surface area (Å²) in [5.74, 6) is 2.84. The van der Waals surface area contributed by atoms with Gasteiger partial charge >= 0.3 is 0 Å². The summed E-state index contributed by atoms with van der Waals surface area (Å²) in [5.41, 5.74) is 5.15. The van der Waals surface area contributed by atoms with Gasteiger partial charge in [0.2, 0.25) is 0 Å². The first-order valence-electron chi connectivity index (χ1n) is 18.4. The Morgan fingerprint density at radius 2 is 0.836 bits per heavy atom. The van der Waals surface area contributed by atoms with Gasteiger partial charge in [-0.1, -0.05) is 158 Å². The standard InChI is InChI=1S/C50H32NO3P/c52-55(36-16-6-2-7-17-36,37-18-8-3-9-19-37)38-26-28-42-41-27-24-33(30-45(41)51(46(42)32-38)35-14-4-1-5-15-35)34-25-29-47-48(31-34)54-50-44-23-13-11-21-40(44)39-20-10-12-22-43(39)49(50)53-47/h1-32H. The number of aromatic nitrogens is 1. The first-order valence-corrected chi connectivity index (χ1v) is 20.1. The van der Waals surface area contributed by atoms with Crippen molar-refractivity contribution in [1.29, 1.82) is 0 Å². The number of hydrogen-bond donors (Lipinski definition) is 0. The van der Waals surface area contributed by atoms with Gasteiger partial charge in [0, 0.05) is 43.1 Å². The van der Waals surface area contributed by atoms with E-state index in [1.807, 2.05) is 84.9 Å². The van der Waals surface area contributed by atoms with Crippen molar-refractivity contribution in [2.45, 2.75) is 0 Å². The van der Waals surface area contributed by atoms with Gasteiger partial charge in [-0.05, 0) is 58.3 Å². The molecule has 10 aromatic rings. The molecular formula is C50H32NO3P. The van der Waals surface area contributed by atoms with E-state index in [1.165, 1.54) is 0 Å². The molecule has 55 heavy (non-hydrogen) atoms. The maximum absolute atomic E-state index is 15.5. The minimum absolute atomic E-state index is 0.677. The molecule has 0 bridgehead atoms. The maximum Gasteiger partial charge on any atom is 0.178 e. The van der Waals surface area contributed by atoms with E-state index >= 15 is 4.57 Å². The minimum Gasteiger partial charge on any atom is -0.449 e. The zero-order valence-corrected chi connectivity index (χ0v) is 30.5. The van der Waals surface area contributed by atoms with Crippen LogP contribution < -0.4 is 25.4 Å². The highest BCUT2D eigenvalue weighted by Crippen LogP contribution is 2.53. The Morgan fingerprint density at radius 3 is 1.45 bits per heavy atom. The van der Waals surface area contributed by atoms with Gasteiger partial charge in [0.1, 0.15) is 0 Å². The quantitative estimate of drug-likeness (QED) is 0.131. The summed E-state index contributed by atoms with van der Waals surface area (Å²) in [6, 6.07) is 65.9. The highest BCUT2D eigenvalue weighted by Gasteiger charge is 2.31. The van der Waals surface area contributed by atoms with Gasteiger partial charge in [0.05, 0.1) is 11.0 Å². The zero-order valence-electron chi connectivity index (χ0n) is 29.6. The van der Waals surface area contributed by atoms with Crippen LogP contribution in [0, 0.1) is 0 Å². The number of fused-ring (bicyclic) bond motifs is 10. The summed E-state index contributed by atoms with van der Waals surface area (Å²) in [6.07, 6.45) is 0. The number of benzene rings is 9. The molecule has 9 aromatic carbocycles. The van der Waals surface area contributed by atoms with Gasteiger partial charge in [-0.3, -0.25) is 0 Å². The number of para-hydroxylation sites is 1. The van der Waals surface area contributed by atoms with Gasteiger partial charge in [-0.15, -0.1) is 0 Å². The van der Waals surface area contributed by atoms with E-state index in [1.54, 1.807) is 0 Å². The number of hydrogen-bond acceptors (Lipinski definition) is 3. The second kappa shape index (κ2) is 12.3. The fourth-order valence-corrected chi connectivity index (χ4v) is 11.0. The van der Waals surface area contributed by atoms with Crippen molar-refractivity contribution in [3.63, 3.8) is 0 Å². The molecule has 4 nitrogen and oxygen atoms in total. The number of ether oxygens (including phenoxy) is 2. The molecule has 0 N–H and O–H groups in total. The second-order valence-electron chi connectivity index (χ2n) is 14.0. The fraction of sp³-hybridized carbons (Fsp3) is 0. The van der Waals surface area contributed by atoms with E-state index in [9.17, 15) is 0 Å². The molecule has 0 aliphatic carbocycles. The molecular weight excluding hydrogens is 694 g/mol. The van der Waals surface area contributed by atoms with Gasteiger partial charge in [0.25, 0.3) is 0 Å². The normalized spacial score (nSPS) is 12.4. The molecule has 1 aliphatic rings. The molecule has 2 heterocycles. The van der Waals surface area contributed by atoms with Gasteiger partial charge in [-0.25, -0.2) is 0 Å². The van der Waals surface area contributed by atoms with Gasteiger partial charge < -0.3 is 18.6 Å². The molecule has 11 rings (SSSR count). The third-order valence-corrected chi connectivity index (χ3v) is 14.0. The summed E-state index contributed by atoms with van der Waals surface area (Å²) in [6.45, 7) is 0. The fourth-order valence-electron chi connectivity index (χ4n) is 8.31. The summed E-state index contributed by atoms with van der Waals surface area (Å²) in [5, 5.41) is 8.95. The van der Waals surface area contributed by atoms with Crippen molar-refractivity contribution in [2.24, 2.45) is 0 Å². The van der Waals surface area contributed by atoms with Crippen LogP contribution in [0.4, 0.5) is 0 Å². The van der Waals surface area contributed by atoms with E-state index in [4.69, 9.17) is 9.47 Å². The molecule has 5 heteroatoms. The highest BCUT2D eigenvalue weighted by molar-refractivity contribution is 7.85. The molecule has 260 valence electrons. The molecule has 0 amide bonds. The lowest BCUT2D eigenvalue weighted by molar-refractivity contribution is 0.367. The van der Waals surface area contributed by atoms with Gasteiger partial charge in [-0.2, -0.15) is 0 Å². The van der Waals surface area contributed by atoms with Crippen LogP contribution in [0.3, 0.4) is 0 Å². The van der Waals surface area contributed by atoms with Crippen molar-refractivity contribution in [1.82, 2.24) is 4.57 Å². The Balaban J connectivity index is 1.08. The monoisotopic (exact) mass is 725 g/mol. The minimum atomic E-state index is -3.20. The molecule has 0 unspecified atom stereocenters. The molecule has 1 aliphatic heterocycles. The van der Waals surface area contributed by atoms with Crippen LogP contribution in [0.5, 0.6) is 23.0 Å². The zero-order chi connectivity index (χ0) is 36.5. The Bertz CT molecular complexity index is 3130. The van der Waals surface area contributed by atoms with Gasteiger partial charge in [0.15, 0.2) is 30.1 Å². The van der Waals surface area contributed by atoms with E-state index in [0.717, 1.165) is 87.6 Å². The van der Waals surface area contributed by atoms with E-state index < -0.39 is 7.14 Å². The average Bonchev–Trinajstić information content (AvgIpc) is 3.59. The SMILES string of the molecule is O=P(c1ccccc1)(c1ccccc1)c1ccc2c3ccc(-c4ccc5c(c4)Oc4c(c6ccccc6c6ccccc46)O5)cc3n(-c3ccccc3)c2c1. The first-order chi connectivity index (χ1) is 27.1. The summed E-state index contributed by atoms with van der Waals surface area (Å²) in [4.78, 5) is 0. The Hall–Kier alpha value is -6.87. The lowest BCUT2D eigenvalue weighted by atomic mass is 9.99. The molecule has 0 radical (unpaired) electrons. The van der Waals surface area contributed by atoms with E-state index in [0.29, 0.717) is 11.5 Å². The summed E-state index contributed by atoms with van der Waals surface area (Å²) >= 11 is 0. The predicted molar refractivity (Wildman–Crippen MR) is 227 cm³/mol. The van der Waals surface area contributed by atoms with Crippen LogP contribution in [-0.2, 0) is 4.57 Å². The van der Waals surface area contributed by atoms with Crippen molar-refractivity contribution >= 4 is 66.4 Å². The van der Waals surface area contributed by atoms with Crippen molar-refractivity contribution in [3.8, 4) is 39.8 Å². The molecule has 0 atom stereocenters. The smallest absolute Gasteiger partial charge is 0.178 e. The number of nitrogens with zero attached hydrogens (tertiary/aromatic N) is 1. The largest absolute Gasteiger partial charge is 0.449 e. The molecule has 0 saturated heterocycles. The third kappa shape index (κ3) is 4.89. The molecule has 0 fully saturated rings. The highest BCUT2D eigenvalue weighted by atomic mass is 31.2. The van der Waals surface area contributed by atoms with Crippen molar-refractivity contribution < 1.29 is 14.0 Å². The van der Waals surface area contributed by atoms with E-state index in [2.05, 4.69) is 114 Å². The van der Waals surface area contributed by atoms with Crippen LogP contribution >= 0.6 is 7.14 Å². The lowest BCUT2D eigenvalue weighted by Gasteiger charge is -2.24. The number of rotatable bonds is 5. The van der Waals surface area contributed by atoms with Crippen LogP contribution in [0.1, 0.15) is 0 Å². The van der Waals surface area contributed by atoms with Crippen LogP contribution in [0.2, 0.25) is 0 Å². The predicted octanol–water partition coefficient (Wildman–Crippen LogP) is 12.3. The Kier molecular flexibility index (Phi) is 7.10. The topological polar surface area (TPSA) is 40.5 Å². The van der Waals surface area contributed by atoms with E-state index in [-0.39, 0.29) is 0 Å².